The Morgan fingerprint density at radius 3 is 2.13 bits per heavy atom. The molecule has 158 valence electrons. The first-order valence-corrected chi connectivity index (χ1v) is 9.26. The van der Waals surface area contributed by atoms with Crippen LogP contribution in [-0.4, -0.2) is 42.9 Å². The van der Waals surface area contributed by atoms with Gasteiger partial charge in [0.25, 0.3) is 17.7 Å². The molecule has 0 saturated heterocycles. The van der Waals surface area contributed by atoms with E-state index in [0.29, 0.717) is 23.5 Å². The molecule has 3 amide bonds. The second kappa shape index (κ2) is 11.2. The van der Waals surface area contributed by atoms with E-state index in [4.69, 9.17) is 9.47 Å². The minimum Gasteiger partial charge on any atom is -0.494 e. The second-order valence-electron chi connectivity index (χ2n) is 6.08. The molecule has 9 heteroatoms. The summed E-state index contributed by atoms with van der Waals surface area (Å²) in [5.74, 6) is -1.86. The average Bonchev–Trinajstić information content (AvgIpc) is 2.76. The van der Waals surface area contributed by atoms with Gasteiger partial charge >= 0.3 is 5.97 Å². The minimum atomic E-state index is -1.17. The van der Waals surface area contributed by atoms with Gasteiger partial charge in [0, 0.05) is 11.1 Å². The van der Waals surface area contributed by atoms with Gasteiger partial charge in [0.2, 0.25) is 0 Å². The maximum absolute atomic E-state index is 12.1. The molecule has 0 radical (unpaired) electrons. The van der Waals surface area contributed by atoms with Crippen LogP contribution in [0.15, 0.2) is 54.6 Å². The summed E-state index contributed by atoms with van der Waals surface area (Å²) in [6.45, 7) is 3.29. The fourth-order valence-electron chi connectivity index (χ4n) is 2.30. The zero-order valence-electron chi connectivity index (χ0n) is 16.6. The topological polar surface area (TPSA) is 123 Å². The number of rotatable bonds is 8. The quantitative estimate of drug-likeness (QED) is 0.442. The van der Waals surface area contributed by atoms with Crippen molar-refractivity contribution < 1.29 is 28.7 Å². The van der Waals surface area contributed by atoms with Crippen LogP contribution >= 0.6 is 0 Å². The predicted molar refractivity (Wildman–Crippen MR) is 108 cm³/mol. The molecule has 2 aromatic rings. The second-order valence-corrected chi connectivity index (χ2v) is 6.08. The summed E-state index contributed by atoms with van der Waals surface area (Å²) in [5.41, 5.74) is 5.11. The average molecular weight is 413 g/mol. The third kappa shape index (κ3) is 6.93. The van der Waals surface area contributed by atoms with Crippen LogP contribution in [0, 0.1) is 0 Å². The molecule has 0 saturated carbocycles. The van der Waals surface area contributed by atoms with Gasteiger partial charge in [-0.1, -0.05) is 18.2 Å². The van der Waals surface area contributed by atoms with E-state index in [2.05, 4.69) is 16.2 Å². The Hall–Kier alpha value is -3.88. The molecule has 0 fully saturated rings. The smallest absolute Gasteiger partial charge is 0.326 e. The van der Waals surface area contributed by atoms with Crippen LogP contribution < -0.4 is 20.9 Å². The standard InChI is InChI=1S/C21H23N3O6/c1-3-29-17-11-9-16(10-12-17)20(27)22-13-18(25)30-14(2)19(26)23-24-21(28)15-7-5-4-6-8-15/h4-12,14H,3,13H2,1-2H3,(H,22,27)(H,23,26)(H,24,28)/t14-/m1/s1. The fraction of sp³-hybridized carbons (Fsp3) is 0.238. The lowest BCUT2D eigenvalue weighted by Crippen LogP contribution is -2.47. The summed E-state index contributed by atoms with van der Waals surface area (Å²) in [6.07, 6.45) is -1.17. The van der Waals surface area contributed by atoms with Gasteiger partial charge < -0.3 is 14.8 Å². The first-order chi connectivity index (χ1) is 14.4. The zero-order valence-corrected chi connectivity index (χ0v) is 16.6. The van der Waals surface area contributed by atoms with E-state index in [1.165, 1.54) is 6.92 Å². The van der Waals surface area contributed by atoms with Crippen molar-refractivity contribution in [2.45, 2.75) is 20.0 Å². The number of benzene rings is 2. The van der Waals surface area contributed by atoms with Crippen molar-refractivity contribution >= 4 is 23.7 Å². The first-order valence-electron chi connectivity index (χ1n) is 9.26. The number of hydrogen-bond donors (Lipinski definition) is 3. The van der Waals surface area contributed by atoms with Gasteiger partial charge in [-0.3, -0.25) is 30.0 Å². The van der Waals surface area contributed by atoms with Gasteiger partial charge in [0.15, 0.2) is 6.10 Å². The van der Waals surface area contributed by atoms with Crippen molar-refractivity contribution in [2.75, 3.05) is 13.2 Å². The van der Waals surface area contributed by atoms with Gasteiger partial charge in [-0.15, -0.1) is 0 Å². The van der Waals surface area contributed by atoms with Crippen LogP contribution in [0.4, 0.5) is 0 Å². The van der Waals surface area contributed by atoms with Crippen molar-refractivity contribution in [1.82, 2.24) is 16.2 Å². The molecule has 0 unspecified atom stereocenters. The van der Waals surface area contributed by atoms with Gasteiger partial charge in [0.1, 0.15) is 12.3 Å². The molecule has 0 spiro atoms. The van der Waals surface area contributed by atoms with Crippen molar-refractivity contribution in [3.63, 3.8) is 0 Å². The molecule has 3 N–H and O–H groups in total. The van der Waals surface area contributed by atoms with Crippen molar-refractivity contribution in [1.29, 1.82) is 0 Å². The maximum Gasteiger partial charge on any atom is 0.326 e. The van der Waals surface area contributed by atoms with E-state index in [9.17, 15) is 19.2 Å². The van der Waals surface area contributed by atoms with Crippen LogP contribution in [0.2, 0.25) is 0 Å². The lowest BCUT2D eigenvalue weighted by molar-refractivity contribution is -0.154. The highest BCUT2D eigenvalue weighted by atomic mass is 16.5. The Kier molecular flexibility index (Phi) is 8.37. The molecule has 0 heterocycles. The molecule has 0 bridgehead atoms. The van der Waals surface area contributed by atoms with Crippen LogP contribution in [0.25, 0.3) is 0 Å². The predicted octanol–water partition coefficient (Wildman–Crippen LogP) is 1.21. The lowest BCUT2D eigenvalue weighted by atomic mass is 10.2. The molecular formula is C21H23N3O6. The molecule has 0 aromatic heterocycles. The monoisotopic (exact) mass is 413 g/mol. The molecule has 1 atom stereocenters. The summed E-state index contributed by atoms with van der Waals surface area (Å²) in [4.78, 5) is 47.8. The van der Waals surface area contributed by atoms with Crippen molar-refractivity contribution in [3.8, 4) is 5.75 Å². The first kappa shape index (κ1) is 22.4. The molecule has 9 nitrogen and oxygen atoms in total. The molecular weight excluding hydrogens is 390 g/mol. The summed E-state index contributed by atoms with van der Waals surface area (Å²) in [5, 5.41) is 2.41. The Balaban J connectivity index is 1.73. The summed E-state index contributed by atoms with van der Waals surface area (Å²) in [7, 11) is 0. The van der Waals surface area contributed by atoms with Crippen molar-refractivity contribution in [2.24, 2.45) is 0 Å². The molecule has 0 aliphatic carbocycles. The highest BCUT2D eigenvalue weighted by molar-refractivity contribution is 5.97. The summed E-state index contributed by atoms with van der Waals surface area (Å²) >= 11 is 0. The number of amides is 3. The minimum absolute atomic E-state index is 0.348. The summed E-state index contributed by atoms with van der Waals surface area (Å²) < 4.78 is 10.2. The van der Waals surface area contributed by atoms with Gasteiger partial charge in [-0.25, -0.2) is 0 Å². The van der Waals surface area contributed by atoms with E-state index in [0.717, 1.165) is 0 Å². The van der Waals surface area contributed by atoms with E-state index in [1.54, 1.807) is 54.6 Å². The Morgan fingerprint density at radius 1 is 0.867 bits per heavy atom. The Morgan fingerprint density at radius 2 is 1.50 bits per heavy atom. The SMILES string of the molecule is CCOc1ccc(C(=O)NCC(=O)O[C@H](C)C(=O)NNC(=O)c2ccccc2)cc1. The van der Waals surface area contributed by atoms with Gasteiger partial charge in [0.05, 0.1) is 6.61 Å². The molecule has 2 rings (SSSR count). The molecule has 0 aliphatic rings. The van der Waals surface area contributed by atoms with Crippen LogP contribution in [0.5, 0.6) is 5.75 Å². The number of hydrazine groups is 1. The largest absolute Gasteiger partial charge is 0.494 e. The fourth-order valence-corrected chi connectivity index (χ4v) is 2.30. The van der Waals surface area contributed by atoms with Crippen LogP contribution in [0.3, 0.4) is 0 Å². The third-order valence-electron chi connectivity index (χ3n) is 3.83. The van der Waals surface area contributed by atoms with E-state index >= 15 is 0 Å². The van der Waals surface area contributed by atoms with Crippen LogP contribution in [-0.2, 0) is 14.3 Å². The number of hydrogen-bond acceptors (Lipinski definition) is 6. The van der Waals surface area contributed by atoms with Gasteiger partial charge in [-0.05, 0) is 50.2 Å². The van der Waals surface area contributed by atoms with Gasteiger partial charge in [-0.2, -0.15) is 0 Å². The van der Waals surface area contributed by atoms with E-state index in [-0.39, 0.29) is 0 Å². The van der Waals surface area contributed by atoms with E-state index < -0.39 is 36.3 Å². The maximum atomic E-state index is 12.1. The molecule has 0 aliphatic heterocycles. The summed E-state index contributed by atoms with van der Waals surface area (Å²) in [6, 6.07) is 14.7. The van der Waals surface area contributed by atoms with Crippen LogP contribution in [0.1, 0.15) is 34.6 Å². The number of carbonyl (C=O) groups is 4. The number of ether oxygens (including phenoxy) is 2. The van der Waals surface area contributed by atoms with E-state index in [1.807, 2.05) is 6.92 Å². The van der Waals surface area contributed by atoms with Crippen molar-refractivity contribution in [3.05, 3.63) is 65.7 Å². The number of nitrogens with one attached hydrogen (secondary N) is 3. The zero-order chi connectivity index (χ0) is 21.9. The Labute approximate surface area is 173 Å². The number of carbonyl (C=O) groups excluding carboxylic acids is 4. The molecule has 30 heavy (non-hydrogen) atoms. The normalized spacial score (nSPS) is 11.0. The lowest BCUT2D eigenvalue weighted by Gasteiger charge is -2.14. The third-order valence-corrected chi connectivity index (χ3v) is 3.83. The highest BCUT2D eigenvalue weighted by Crippen LogP contribution is 2.11. The number of esters is 1. The molecule has 2 aromatic carbocycles. The Bertz CT molecular complexity index is 883. The highest BCUT2D eigenvalue weighted by Gasteiger charge is 2.19.